The second kappa shape index (κ2) is 12.6. The maximum atomic E-state index is 12.6. The van der Waals surface area contributed by atoms with Crippen molar-refractivity contribution in [3.8, 4) is 5.75 Å². The van der Waals surface area contributed by atoms with E-state index in [1.54, 1.807) is 42.5 Å². The van der Waals surface area contributed by atoms with E-state index in [9.17, 15) is 9.59 Å². The topological polar surface area (TPSA) is 79.5 Å². The average Bonchev–Trinajstić information content (AvgIpc) is 2.73. The van der Waals surface area contributed by atoms with Crippen LogP contribution in [-0.4, -0.2) is 23.5 Å². The summed E-state index contributed by atoms with van der Waals surface area (Å²) in [4.78, 5) is 24.3. The number of rotatable bonds is 10. The Morgan fingerprint density at radius 3 is 2.23 bits per heavy atom. The van der Waals surface area contributed by atoms with E-state index in [4.69, 9.17) is 17.0 Å². The number of para-hydroxylation sites is 1. The lowest BCUT2D eigenvalue weighted by molar-refractivity contribution is -0.116. The summed E-state index contributed by atoms with van der Waals surface area (Å²) < 4.78 is 5.76. The Labute approximate surface area is 183 Å². The number of hydrogen-bond donors (Lipinski definition) is 3. The summed E-state index contributed by atoms with van der Waals surface area (Å²) in [5.41, 5.74) is 1.85. The van der Waals surface area contributed by atoms with Gasteiger partial charge in [-0.3, -0.25) is 14.9 Å². The zero-order valence-corrected chi connectivity index (χ0v) is 18.3. The molecule has 0 atom stereocenters. The van der Waals surface area contributed by atoms with Crippen molar-refractivity contribution in [1.29, 1.82) is 0 Å². The highest BCUT2D eigenvalue weighted by Crippen LogP contribution is 2.19. The Balaban J connectivity index is 1.90. The lowest BCUT2D eigenvalue weighted by atomic mass is 10.2. The number of hydrogen-bond acceptors (Lipinski definition) is 4. The van der Waals surface area contributed by atoms with Crippen molar-refractivity contribution in [1.82, 2.24) is 5.32 Å². The third-order valence-corrected chi connectivity index (χ3v) is 4.47. The summed E-state index contributed by atoms with van der Waals surface area (Å²) >= 11 is 5.26. The monoisotopic (exact) mass is 427 g/mol. The molecule has 3 N–H and O–H groups in total. The lowest BCUT2D eigenvalue weighted by Crippen LogP contribution is -2.34. The Kier molecular flexibility index (Phi) is 9.80. The first-order valence-electron chi connectivity index (χ1n) is 10.3. The molecule has 0 aromatic heterocycles. The van der Waals surface area contributed by atoms with E-state index in [1.165, 1.54) is 0 Å². The van der Waals surface area contributed by atoms with Crippen LogP contribution < -0.4 is 20.7 Å². The molecule has 30 heavy (non-hydrogen) atoms. The first kappa shape index (κ1) is 23.3. The predicted molar refractivity (Wildman–Crippen MR) is 125 cm³/mol. The van der Waals surface area contributed by atoms with E-state index in [0.29, 0.717) is 35.7 Å². The third kappa shape index (κ3) is 7.83. The van der Waals surface area contributed by atoms with Crippen LogP contribution >= 0.6 is 12.2 Å². The Morgan fingerprint density at radius 1 is 0.900 bits per heavy atom. The molecule has 0 aliphatic carbocycles. The molecule has 0 aliphatic heterocycles. The van der Waals surface area contributed by atoms with Gasteiger partial charge in [0.25, 0.3) is 5.91 Å². The first-order valence-corrected chi connectivity index (χ1v) is 10.7. The summed E-state index contributed by atoms with van der Waals surface area (Å²) in [5, 5.41) is 8.66. The summed E-state index contributed by atoms with van der Waals surface area (Å²) in [5.74, 6) is 0.194. The normalized spacial score (nSPS) is 10.2. The highest BCUT2D eigenvalue weighted by atomic mass is 32.1. The van der Waals surface area contributed by atoms with Crippen molar-refractivity contribution in [3.05, 3.63) is 54.1 Å². The van der Waals surface area contributed by atoms with Crippen LogP contribution in [0, 0.1) is 0 Å². The van der Waals surface area contributed by atoms with Crippen LogP contribution in [0.3, 0.4) is 0 Å². The number of benzene rings is 2. The SMILES string of the molecule is CCCCCOc1ccccc1C(=O)NC(=S)Nc1ccc(NC(=O)CCC)cc1. The van der Waals surface area contributed by atoms with E-state index in [1.807, 2.05) is 13.0 Å². The van der Waals surface area contributed by atoms with Gasteiger partial charge in [-0.2, -0.15) is 0 Å². The molecular weight excluding hydrogens is 398 g/mol. The Bertz CT molecular complexity index is 853. The van der Waals surface area contributed by atoms with Crippen LogP contribution in [0.1, 0.15) is 56.3 Å². The number of amides is 2. The molecule has 6 nitrogen and oxygen atoms in total. The van der Waals surface area contributed by atoms with Gasteiger partial charge < -0.3 is 15.4 Å². The van der Waals surface area contributed by atoms with Crippen LogP contribution in [0.2, 0.25) is 0 Å². The highest BCUT2D eigenvalue weighted by Gasteiger charge is 2.13. The van der Waals surface area contributed by atoms with E-state index in [-0.39, 0.29) is 16.9 Å². The highest BCUT2D eigenvalue weighted by molar-refractivity contribution is 7.80. The van der Waals surface area contributed by atoms with Gasteiger partial charge >= 0.3 is 0 Å². The molecular formula is C23H29N3O3S. The third-order valence-electron chi connectivity index (χ3n) is 4.27. The Hall–Kier alpha value is -2.93. The van der Waals surface area contributed by atoms with Crippen molar-refractivity contribution < 1.29 is 14.3 Å². The molecule has 0 bridgehead atoms. The van der Waals surface area contributed by atoms with Crippen LogP contribution in [0.4, 0.5) is 11.4 Å². The second-order valence-corrected chi connectivity index (χ2v) is 7.24. The molecule has 0 radical (unpaired) electrons. The van der Waals surface area contributed by atoms with E-state index in [2.05, 4.69) is 22.9 Å². The molecule has 0 aliphatic rings. The minimum absolute atomic E-state index is 0.0171. The number of thiocarbonyl (C=S) groups is 1. The van der Waals surface area contributed by atoms with Crippen LogP contribution in [0.25, 0.3) is 0 Å². The van der Waals surface area contributed by atoms with Gasteiger partial charge in [0.05, 0.1) is 12.2 Å². The van der Waals surface area contributed by atoms with E-state index in [0.717, 1.165) is 25.7 Å². The van der Waals surface area contributed by atoms with Crippen molar-refractivity contribution >= 4 is 40.5 Å². The van der Waals surface area contributed by atoms with Gasteiger partial charge in [0.15, 0.2) is 5.11 Å². The number of carbonyl (C=O) groups excluding carboxylic acids is 2. The minimum Gasteiger partial charge on any atom is -0.493 e. The van der Waals surface area contributed by atoms with Gasteiger partial charge in [0, 0.05) is 17.8 Å². The zero-order valence-electron chi connectivity index (χ0n) is 17.5. The summed E-state index contributed by atoms with van der Waals surface area (Å²) in [6.07, 6.45) is 4.43. The van der Waals surface area contributed by atoms with Crippen LogP contribution in [-0.2, 0) is 4.79 Å². The fourth-order valence-corrected chi connectivity index (χ4v) is 2.95. The molecule has 0 spiro atoms. The van der Waals surface area contributed by atoms with Gasteiger partial charge in [0.1, 0.15) is 5.75 Å². The molecule has 7 heteroatoms. The maximum Gasteiger partial charge on any atom is 0.261 e. The predicted octanol–water partition coefficient (Wildman–Crippen LogP) is 5.12. The molecule has 0 fully saturated rings. The average molecular weight is 428 g/mol. The van der Waals surface area contributed by atoms with Crippen molar-refractivity contribution in [3.63, 3.8) is 0 Å². The number of carbonyl (C=O) groups is 2. The molecule has 0 heterocycles. The van der Waals surface area contributed by atoms with Gasteiger partial charge in [-0.25, -0.2) is 0 Å². The van der Waals surface area contributed by atoms with Crippen molar-refractivity contribution in [2.75, 3.05) is 17.2 Å². The smallest absolute Gasteiger partial charge is 0.261 e. The van der Waals surface area contributed by atoms with Gasteiger partial charge in [-0.1, -0.05) is 38.8 Å². The lowest BCUT2D eigenvalue weighted by Gasteiger charge is -2.13. The van der Waals surface area contributed by atoms with E-state index >= 15 is 0 Å². The summed E-state index contributed by atoms with van der Waals surface area (Å²) in [6.45, 7) is 4.66. The largest absolute Gasteiger partial charge is 0.493 e. The number of anilines is 2. The zero-order chi connectivity index (χ0) is 21.8. The van der Waals surface area contributed by atoms with Gasteiger partial charge in [0.2, 0.25) is 5.91 Å². The molecule has 0 unspecified atom stereocenters. The molecule has 2 aromatic carbocycles. The van der Waals surface area contributed by atoms with Crippen molar-refractivity contribution in [2.24, 2.45) is 0 Å². The maximum absolute atomic E-state index is 12.6. The number of nitrogens with one attached hydrogen (secondary N) is 3. The minimum atomic E-state index is -0.331. The second-order valence-electron chi connectivity index (χ2n) is 6.84. The number of ether oxygens (including phenoxy) is 1. The first-order chi connectivity index (χ1) is 14.5. The standard InChI is InChI=1S/C23H29N3O3S/c1-3-5-8-16-29-20-11-7-6-10-19(20)22(28)26-23(30)25-18-14-12-17(13-15-18)24-21(27)9-4-2/h6-7,10-15H,3-5,8-9,16H2,1-2H3,(H,24,27)(H2,25,26,28,30). The van der Waals surface area contributed by atoms with Crippen molar-refractivity contribution in [2.45, 2.75) is 46.0 Å². The molecule has 2 rings (SSSR count). The van der Waals surface area contributed by atoms with E-state index < -0.39 is 0 Å². The summed E-state index contributed by atoms with van der Waals surface area (Å²) in [6, 6.07) is 14.2. The fourth-order valence-electron chi connectivity index (χ4n) is 2.73. The van der Waals surface area contributed by atoms with Gasteiger partial charge in [-0.15, -0.1) is 0 Å². The molecule has 160 valence electrons. The Morgan fingerprint density at radius 2 is 1.57 bits per heavy atom. The molecule has 2 amide bonds. The van der Waals surface area contributed by atoms with Gasteiger partial charge in [-0.05, 0) is 61.5 Å². The molecule has 0 saturated heterocycles. The van der Waals surface area contributed by atoms with Crippen LogP contribution in [0.15, 0.2) is 48.5 Å². The number of unbranched alkanes of at least 4 members (excludes halogenated alkanes) is 2. The fraction of sp³-hybridized carbons (Fsp3) is 0.348. The summed E-state index contributed by atoms with van der Waals surface area (Å²) in [7, 11) is 0. The quantitative estimate of drug-likeness (QED) is 0.362. The molecule has 2 aromatic rings. The molecule has 0 saturated carbocycles. The van der Waals surface area contributed by atoms with Crippen LogP contribution in [0.5, 0.6) is 5.75 Å².